The van der Waals surface area contributed by atoms with Gasteiger partial charge < -0.3 is 17.2 Å². The summed E-state index contributed by atoms with van der Waals surface area (Å²) in [5.41, 5.74) is 0. The Labute approximate surface area is 115 Å². The molecule has 0 atom stereocenters. The van der Waals surface area contributed by atoms with Crippen LogP contribution in [-0.4, -0.2) is 14.8 Å². The van der Waals surface area contributed by atoms with Crippen LogP contribution in [0.4, 0.5) is 13.2 Å². The predicted molar refractivity (Wildman–Crippen MR) is 31.6 cm³/mol. The average molecular weight is 221 g/mol. The molecule has 0 aromatic carbocycles. The molecule has 8 heteroatoms. The molecule has 0 saturated heterocycles. The monoisotopic (exact) mass is 221 g/mol. The fourth-order valence-corrected chi connectivity index (χ4v) is 0.689. The summed E-state index contributed by atoms with van der Waals surface area (Å²) in [4.78, 5) is 0. The zero-order chi connectivity index (χ0) is 8.65. The summed E-state index contributed by atoms with van der Waals surface area (Å²) >= 11 is 4.43. The quantitative estimate of drug-likeness (QED) is 0.366. The van der Waals surface area contributed by atoms with E-state index in [1.165, 1.54) is 7.05 Å². The number of halogens is 3. The van der Waals surface area contributed by atoms with Gasteiger partial charge in [-0.3, -0.25) is 0 Å². The number of aromatic nitrogens is 3. The molecule has 0 fully saturated rings. The zero-order valence-corrected chi connectivity index (χ0v) is 10.3. The summed E-state index contributed by atoms with van der Waals surface area (Å²) in [6.07, 6.45) is -4.47. The van der Waals surface area contributed by atoms with Gasteiger partial charge in [0.05, 0.1) is 0 Å². The van der Waals surface area contributed by atoms with Crippen LogP contribution in [0.25, 0.3) is 0 Å². The van der Waals surface area contributed by atoms with E-state index in [1.54, 1.807) is 0 Å². The summed E-state index contributed by atoms with van der Waals surface area (Å²) in [5.74, 6) is -1.07. The molecule has 0 aliphatic heterocycles. The third-order valence-corrected chi connectivity index (χ3v) is 1.44. The standard InChI is InChI=1S/C4H4F3N3S.K/c1-10-2(4(5,6)7)8-9-3(10)11;/h1H3,(H,9,11);/q;+1/p-1. The number of alkyl halides is 3. The topological polar surface area (TPSA) is 30.7 Å². The summed E-state index contributed by atoms with van der Waals surface area (Å²) < 4.78 is 36.4. The number of nitrogens with zero attached hydrogens (tertiary/aromatic N) is 3. The van der Waals surface area contributed by atoms with Gasteiger partial charge in [0.25, 0.3) is 0 Å². The van der Waals surface area contributed by atoms with Gasteiger partial charge in [0, 0.05) is 12.2 Å². The minimum atomic E-state index is -4.47. The van der Waals surface area contributed by atoms with Crippen molar-refractivity contribution < 1.29 is 64.6 Å². The largest absolute Gasteiger partial charge is 1.00 e. The van der Waals surface area contributed by atoms with E-state index in [2.05, 4.69) is 22.8 Å². The van der Waals surface area contributed by atoms with Crippen molar-refractivity contribution in [1.29, 1.82) is 0 Å². The maximum absolute atomic E-state index is 11.9. The molecule has 0 saturated carbocycles. The zero-order valence-electron chi connectivity index (χ0n) is 6.38. The summed E-state index contributed by atoms with van der Waals surface area (Å²) in [7, 11) is 1.17. The van der Waals surface area contributed by atoms with E-state index in [0.717, 1.165) is 4.57 Å². The van der Waals surface area contributed by atoms with Crippen molar-refractivity contribution in [1.82, 2.24) is 14.8 Å². The van der Waals surface area contributed by atoms with E-state index in [1.807, 2.05) is 0 Å². The molecule has 1 aromatic heterocycles. The molecule has 1 aromatic rings. The van der Waals surface area contributed by atoms with Gasteiger partial charge in [-0.05, 0) is 0 Å². The molecule has 0 bridgehead atoms. The van der Waals surface area contributed by atoms with E-state index in [4.69, 9.17) is 0 Å². The van der Waals surface area contributed by atoms with Crippen LogP contribution in [0.15, 0.2) is 5.16 Å². The van der Waals surface area contributed by atoms with Gasteiger partial charge in [-0.25, -0.2) is 0 Å². The van der Waals surface area contributed by atoms with Crippen LogP contribution in [0.1, 0.15) is 5.82 Å². The fourth-order valence-electron chi connectivity index (χ4n) is 0.562. The number of hydrogen-bond acceptors (Lipinski definition) is 3. The van der Waals surface area contributed by atoms with Gasteiger partial charge in [-0.15, -0.1) is 5.10 Å². The molecule has 1 rings (SSSR count). The third-order valence-electron chi connectivity index (χ3n) is 1.09. The Bertz CT molecular complexity index is 271. The van der Waals surface area contributed by atoms with Gasteiger partial charge in [0.1, 0.15) is 0 Å². The fraction of sp³-hybridized carbons (Fsp3) is 0.500. The van der Waals surface area contributed by atoms with Crippen LogP contribution >= 0.6 is 0 Å². The molecule has 12 heavy (non-hydrogen) atoms. The van der Waals surface area contributed by atoms with Crippen LogP contribution in [0.3, 0.4) is 0 Å². The van der Waals surface area contributed by atoms with Crippen LogP contribution in [0.5, 0.6) is 0 Å². The van der Waals surface area contributed by atoms with E-state index < -0.39 is 12.0 Å². The molecule has 0 unspecified atom stereocenters. The average Bonchev–Trinajstić information content (AvgIpc) is 2.11. The normalized spacial score (nSPS) is 11.0. The van der Waals surface area contributed by atoms with Crippen LogP contribution < -0.4 is 51.4 Å². The minimum absolute atomic E-state index is 0. The molecule has 62 valence electrons. The Morgan fingerprint density at radius 3 is 2.00 bits per heavy atom. The minimum Gasteiger partial charge on any atom is -0.740 e. The van der Waals surface area contributed by atoms with Gasteiger partial charge >= 0.3 is 57.6 Å². The third kappa shape index (κ3) is 2.64. The molecule has 0 N–H and O–H groups in total. The maximum atomic E-state index is 11.9. The Morgan fingerprint density at radius 2 is 1.83 bits per heavy atom. The Hall–Kier alpha value is 0.786. The first-order chi connectivity index (χ1) is 4.93. The SMILES string of the molecule is Cn1c([S-])nnc1C(F)(F)F.[K+]. The van der Waals surface area contributed by atoms with Gasteiger partial charge in [0.2, 0.25) is 5.82 Å². The summed E-state index contributed by atoms with van der Waals surface area (Å²) in [5, 5.41) is 5.79. The van der Waals surface area contributed by atoms with Crippen LogP contribution in [0.2, 0.25) is 0 Å². The van der Waals surface area contributed by atoms with Crippen molar-refractivity contribution in [3.63, 3.8) is 0 Å². The van der Waals surface area contributed by atoms with Gasteiger partial charge in [-0.1, -0.05) is 0 Å². The van der Waals surface area contributed by atoms with E-state index in [0.29, 0.717) is 0 Å². The number of rotatable bonds is 0. The molecule has 3 nitrogen and oxygen atoms in total. The summed E-state index contributed by atoms with van der Waals surface area (Å²) in [6.45, 7) is 0. The van der Waals surface area contributed by atoms with Crippen molar-refractivity contribution >= 4 is 12.6 Å². The molecule has 0 spiro atoms. The van der Waals surface area contributed by atoms with Crippen molar-refractivity contribution in [2.24, 2.45) is 7.05 Å². The van der Waals surface area contributed by atoms with E-state index >= 15 is 0 Å². The molecule has 1 heterocycles. The Kier molecular flexibility index (Phi) is 4.62. The second-order valence-electron chi connectivity index (χ2n) is 1.86. The smallest absolute Gasteiger partial charge is 0.740 e. The van der Waals surface area contributed by atoms with Crippen molar-refractivity contribution in [2.75, 3.05) is 0 Å². The number of hydrogen-bond donors (Lipinski definition) is 0. The first-order valence-corrected chi connectivity index (χ1v) is 2.97. The van der Waals surface area contributed by atoms with Crippen LogP contribution in [0, 0.1) is 0 Å². The second kappa shape index (κ2) is 4.33. The first-order valence-electron chi connectivity index (χ1n) is 2.56. The molecule has 0 aliphatic rings. The Balaban J connectivity index is 0.00000121. The van der Waals surface area contributed by atoms with Gasteiger partial charge in [-0.2, -0.15) is 18.3 Å². The Morgan fingerprint density at radius 1 is 1.33 bits per heavy atom. The van der Waals surface area contributed by atoms with Crippen molar-refractivity contribution in [3.05, 3.63) is 5.82 Å². The molecule has 0 radical (unpaired) electrons. The molecular formula is C4H3F3KN3S. The van der Waals surface area contributed by atoms with Crippen molar-refractivity contribution in [3.8, 4) is 0 Å². The maximum Gasteiger partial charge on any atom is 1.00 e. The van der Waals surface area contributed by atoms with E-state index in [9.17, 15) is 13.2 Å². The predicted octanol–water partition coefficient (Wildman–Crippen LogP) is -2.26. The van der Waals surface area contributed by atoms with Crippen LogP contribution in [-0.2, 0) is 25.9 Å². The van der Waals surface area contributed by atoms with E-state index in [-0.39, 0.29) is 56.5 Å². The second-order valence-corrected chi connectivity index (χ2v) is 2.23. The van der Waals surface area contributed by atoms with Gasteiger partial charge in [0.15, 0.2) is 0 Å². The molecular weight excluding hydrogens is 218 g/mol. The summed E-state index contributed by atoms with van der Waals surface area (Å²) in [6, 6.07) is 0. The van der Waals surface area contributed by atoms with Crippen molar-refractivity contribution in [2.45, 2.75) is 11.3 Å². The molecule has 0 aliphatic carbocycles. The first kappa shape index (κ1) is 12.8. The molecule has 0 amide bonds.